The van der Waals surface area contributed by atoms with Crippen molar-refractivity contribution in [2.24, 2.45) is 0 Å². The molecule has 0 saturated carbocycles. The second-order valence-electron chi connectivity index (χ2n) is 5.59. The summed E-state index contributed by atoms with van der Waals surface area (Å²) in [6.07, 6.45) is 5.23. The summed E-state index contributed by atoms with van der Waals surface area (Å²) in [6.45, 7) is 5.15. The molecular formula is C18H19BrN6O2. The number of methoxy groups -OCH3 is 1. The lowest BCUT2D eigenvalue weighted by Crippen LogP contribution is -2.08. The second-order valence-corrected chi connectivity index (χ2v) is 6.44. The second kappa shape index (κ2) is 9.13. The lowest BCUT2D eigenvalue weighted by molar-refractivity contribution is 0.282. The van der Waals surface area contributed by atoms with Gasteiger partial charge >= 0.3 is 0 Å². The number of allylic oxidation sites excluding steroid dienone is 1. The van der Waals surface area contributed by atoms with Gasteiger partial charge in [0, 0.05) is 24.5 Å². The van der Waals surface area contributed by atoms with E-state index in [2.05, 4.69) is 48.3 Å². The Morgan fingerprint density at radius 2 is 2.22 bits per heavy atom. The molecule has 3 rings (SSSR count). The van der Waals surface area contributed by atoms with E-state index in [0.29, 0.717) is 37.1 Å². The van der Waals surface area contributed by atoms with Crippen LogP contribution in [0.25, 0.3) is 0 Å². The van der Waals surface area contributed by atoms with Crippen LogP contribution >= 0.6 is 15.9 Å². The fourth-order valence-electron chi connectivity index (χ4n) is 2.41. The third-order valence-electron chi connectivity index (χ3n) is 3.68. The van der Waals surface area contributed by atoms with Crippen molar-refractivity contribution < 1.29 is 9.47 Å². The van der Waals surface area contributed by atoms with Crippen LogP contribution in [0.3, 0.4) is 0 Å². The fourth-order valence-corrected chi connectivity index (χ4v) is 3.02. The maximum Gasteiger partial charge on any atom is 0.243 e. The number of halogens is 1. The van der Waals surface area contributed by atoms with Gasteiger partial charge in [0.1, 0.15) is 6.61 Å². The molecule has 0 atom stereocenters. The minimum absolute atomic E-state index is 0.400. The van der Waals surface area contributed by atoms with Crippen molar-refractivity contribution in [3.63, 3.8) is 0 Å². The average Bonchev–Trinajstić information content (AvgIpc) is 3.13. The number of anilines is 1. The highest BCUT2D eigenvalue weighted by Gasteiger charge is 2.13. The molecule has 27 heavy (non-hydrogen) atoms. The van der Waals surface area contributed by atoms with E-state index in [1.54, 1.807) is 30.3 Å². The van der Waals surface area contributed by atoms with Gasteiger partial charge in [0.25, 0.3) is 0 Å². The number of hydrogen-bond acceptors (Lipinski definition) is 7. The molecule has 0 saturated heterocycles. The predicted molar refractivity (Wildman–Crippen MR) is 105 cm³/mol. The third-order valence-corrected chi connectivity index (χ3v) is 4.27. The van der Waals surface area contributed by atoms with Gasteiger partial charge in [0.05, 0.1) is 18.1 Å². The number of benzene rings is 1. The van der Waals surface area contributed by atoms with E-state index in [9.17, 15) is 0 Å². The van der Waals surface area contributed by atoms with Gasteiger partial charge in [0.15, 0.2) is 11.5 Å². The van der Waals surface area contributed by atoms with Gasteiger partial charge in [-0.25, -0.2) is 4.68 Å². The number of aromatic nitrogens is 5. The number of nitrogens with one attached hydrogen (secondary N) is 1. The highest BCUT2D eigenvalue weighted by Crippen LogP contribution is 2.37. The van der Waals surface area contributed by atoms with Crippen LogP contribution in [0.5, 0.6) is 11.5 Å². The third kappa shape index (κ3) is 4.82. The van der Waals surface area contributed by atoms with E-state index in [0.717, 1.165) is 15.6 Å². The van der Waals surface area contributed by atoms with Crippen molar-refractivity contribution in [3.8, 4) is 11.5 Å². The predicted octanol–water partition coefficient (Wildman–Crippen LogP) is 3.22. The van der Waals surface area contributed by atoms with Crippen LogP contribution in [-0.2, 0) is 19.7 Å². The van der Waals surface area contributed by atoms with Crippen molar-refractivity contribution in [1.82, 2.24) is 25.2 Å². The summed E-state index contributed by atoms with van der Waals surface area (Å²) >= 11 is 3.56. The Kier molecular flexibility index (Phi) is 6.37. The molecule has 2 heterocycles. The highest BCUT2D eigenvalue weighted by molar-refractivity contribution is 9.10. The van der Waals surface area contributed by atoms with Crippen LogP contribution in [0, 0.1) is 0 Å². The van der Waals surface area contributed by atoms with Crippen molar-refractivity contribution in [3.05, 3.63) is 64.9 Å². The molecule has 0 bridgehead atoms. The molecule has 9 heteroatoms. The summed E-state index contributed by atoms with van der Waals surface area (Å²) in [6, 6.07) is 7.71. The Morgan fingerprint density at radius 1 is 1.33 bits per heavy atom. The molecule has 1 N–H and O–H groups in total. The molecule has 0 aliphatic heterocycles. The first-order valence-corrected chi connectivity index (χ1v) is 8.99. The summed E-state index contributed by atoms with van der Waals surface area (Å²) in [7, 11) is 1.61. The molecule has 0 radical (unpaired) electrons. The molecular weight excluding hydrogens is 412 g/mol. The molecule has 0 aliphatic rings. The van der Waals surface area contributed by atoms with Gasteiger partial charge < -0.3 is 14.8 Å². The maximum absolute atomic E-state index is 5.92. The van der Waals surface area contributed by atoms with Gasteiger partial charge in [-0.1, -0.05) is 17.2 Å². The van der Waals surface area contributed by atoms with Crippen molar-refractivity contribution >= 4 is 21.9 Å². The fraction of sp³-hybridized carbons (Fsp3) is 0.222. The van der Waals surface area contributed by atoms with Crippen molar-refractivity contribution in [2.45, 2.75) is 19.7 Å². The molecule has 2 aromatic heterocycles. The SMILES string of the molecule is C=CCn1nnnc1NCc1cc(Br)c(OCc2cccnc2)c(OC)c1. The standard InChI is InChI=1S/C18H19BrN6O2/c1-3-7-25-18(22-23-24-25)21-11-14-8-15(19)17(16(9-14)26-2)27-12-13-5-4-6-20-10-13/h3-6,8-10H,1,7,11-12H2,2H3,(H,21,22,24). The molecule has 0 fully saturated rings. The molecule has 3 aromatic rings. The van der Waals surface area contributed by atoms with Crippen LogP contribution in [0.4, 0.5) is 5.95 Å². The Morgan fingerprint density at radius 3 is 2.96 bits per heavy atom. The number of hydrogen-bond donors (Lipinski definition) is 1. The van der Waals surface area contributed by atoms with Gasteiger partial charge in [-0.05, 0) is 50.1 Å². The van der Waals surface area contributed by atoms with E-state index < -0.39 is 0 Å². The number of nitrogens with zero attached hydrogens (tertiary/aromatic N) is 5. The van der Waals surface area contributed by atoms with E-state index >= 15 is 0 Å². The Labute approximate surface area is 165 Å². The van der Waals surface area contributed by atoms with Crippen LogP contribution in [0.2, 0.25) is 0 Å². The zero-order chi connectivity index (χ0) is 19.1. The Balaban J connectivity index is 1.71. The Bertz CT molecular complexity index is 900. The molecule has 140 valence electrons. The average molecular weight is 431 g/mol. The van der Waals surface area contributed by atoms with Gasteiger partial charge in [-0.3, -0.25) is 4.98 Å². The van der Waals surface area contributed by atoms with Crippen molar-refractivity contribution in [2.75, 3.05) is 12.4 Å². The lowest BCUT2D eigenvalue weighted by Gasteiger charge is -2.15. The zero-order valence-electron chi connectivity index (χ0n) is 14.8. The number of tetrazole rings is 1. The van der Waals surface area contributed by atoms with Gasteiger partial charge in [-0.2, -0.15) is 0 Å². The van der Waals surface area contributed by atoms with E-state index in [1.165, 1.54) is 0 Å². The quantitative estimate of drug-likeness (QED) is 0.521. The molecule has 0 spiro atoms. The summed E-state index contributed by atoms with van der Waals surface area (Å²) < 4.78 is 13.8. The summed E-state index contributed by atoms with van der Waals surface area (Å²) in [5.74, 6) is 1.85. The molecule has 8 nitrogen and oxygen atoms in total. The number of ether oxygens (including phenoxy) is 2. The number of rotatable bonds is 9. The molecule has 0 unspecified atom stereocenters. The summed E-state index contributed by atoms with van der Waals surface area (Å²) in [5.41, 5.74) is 1.96. The van der Waals surface area contributed by atoms with Crippen LogP contribution < -0.4 is 14.8 Å². The molecule has 0 amide bonds. The number of pyridine rings is 1. The minimum atomic E-state index is 0.400. The molecule has 1 aromatic carbocycles. The minimum Gasteiger partial charge on any atom is -0.493 e. The lowest BCUT2D eigenvalue weighted by atomic mass is 10.2. The zero-order valence-corrected chi connectivity index (χ0v) is 16.4. The smallest absolute Gasteiger partial charge is 0.243 e. The van der Waals surface area contributed by atoms with Crippen LogP contribution in [-0.4, -0.2) is 32.3 Å². The first-order chi connectivity index (χ1) is 13.2. The van der Waals surface area contributed by atoms with Crippen LogP contribution in [0.15, 0.2) is 53.8 Å². The normalized spacial score (nSPS) is 10.4. The van der Waals surface area contributed by atoms with Gasteiger partial charge in [-0.15, -0.1) is 6.58 Å². The van der Waals surface area contributed by atoms with Crippen LogP contribution in [0.1, 0.15) is 11.1 Å². The highest BCUT2D eigenvalue weighted by atomic mass is 79.9. The largest absolute Gasteiger partial charge is 0.493 e. The maximum atomic E-state index is 5.92. The summed E-state index contributed by atoms with van der Waals surface area (Å²) in [5, 5.41) is 14.7. The topological polar surface area (TPSA) is 87.0 Å². The van der Waals surface area contributed by atoms with Crippen molar-refractivity contribution in [1.29, 1.82) is 0 Å². The Hall–Kier alpha value is -2.94. The monoisotopic (exact) mass is 430 g/mol. The van der Waals surface area contributed by atoms with E-state index in [-0.39, 0.29) is 0 Å². The van der Waals surface area contributed by atoms with E-state index in [1.807, 2.05) is 24.3 Å². The van der Waals surface area contributed by atoms with Gasteiger partial charge in [0.2, 0.25) is 5.95 Å². The first-order valence-electron chi connectivity index (χ1n) is 8.20. The van der Waals surface area contributed by atoms with E-state index in [4.69, 9.17) is 9.47 Å². The molecule has 0 aliphatic carbocycles. The summed E-state index contributed by atoms with van der Waals surface area (Å²) in [4.78, 5) is 4.09. The first kappa shape index (κ1) is 18.8.